The molecule has 0 saturated carbocycles. The molecular weight excluding hydrogens is 424 g/mol. The molecule has 1 saturated heterocycles. The number of amides is 1. The third-order valence-corrected chi connectivity index (χ3v) is 6.12. The zero-order valence-electron chi connectivity index (χ0n) is 18.1. The lowest BCUT2D eigenvalue weighted by Gasteiger charge is -2.31. The van der Waals surface area contributed by atoms with Gasteiger partial charge in [0, 0.05) is 36.1 Å². The van der Waals surface area contributed by atoms with Gasteiger partial charge in [-0.3, -0.25) is 4.79 Å². The van der Waals surface area contributed by atoms with E-state index in [1.54, 1.807) is 7.11 Å². The van der Waals surface area contributed by atoms with Crippen molar-refractivity contribution in [2.45, 2.75) is 19.3 Å². The molecule has 1 aromatic heterocycles. The highest BCUT2D eigenvalue weighted by Crippen LogP contribution is 2.24. The second-order valence-corrected chi connectivity index (χ2v) is 8.33. The Morgan fingerprint density at radius 3 is 2.50 bits per heavy atom. The van der Waals surface area contributed by atoms with Gasteiger partial charge in [0.25, 0.3) is 0 Å². The van der Waals surface area contributed by atoms with Gasteiger partial charge in [-0.25, -0.2) is 0 Å². The molecule has 32 heavy (non-hydrogen) atoms. The predicted octanol–water partition coefficient (Wildman–Crippen LogP) is 4.38. The van der Waals surface area contributed by atoms with Crippen LogP contribution in [0.4, 0.5) is 5.82 Å². The Morgan fingerprint density at radius 2 is 1.81 bits per heavy atom. The number of hydrogen-bond donors (Lipinski definition) is 1. The van der Waals surface area contributed by atoms with Gasteiger partial charge in [0.15, 0.2) is 5.82 Å². The highest BCUT2D eigenvalue weighted by atomic mass is 35.5. The standard InChI is InChI=1S/C25H27ClN4O2/c1-32-23-5-3-2-4-19(23)12-15-27-25(31)20-13-16-30(17-14-20)24-11-10-22(28-29-24)18-6-8-21(26)9-7-18/h2-11,20H,12-17H2,1H3,(H,27,31). The van der Waals surface area contributed by atoms with Gasteiger partial charge in [-0.2, -0.15) is 0 Å². The van der Waals surface area contributed by atoms with Gasteiger partial charge < -0.3 is 15.0 Å². The summed E-state index contributed by atoms with van der Waals surface area (Å²) in [5.74, 6) is 1.87. The molecule has 0 spiro atoms. The fraction of sp³-hybridized carbons (Fsp3) is 0.320. The van der Waals surface area contributed by atoms with Crippen LogP contribution in [0.15, 0.2) is 60.7 Å². The van der Waals surface area contributed by atoms with E-state index in [2.05, 4.69) is 20.4 Å². The van der Waals surface area contributed by atoms with E-state index in [-0.39, 0.29) is 11.8 Å². The maximum atomic E-state index is 12.6. The zero-order chi connectivity index (χ0) is 22.3. The average molecular weight is 451 g/mol. The van der Waals surface area contributed by atoms with E-state index in [4.69, 9.17) is 16.3 Å². The van der Waals surface area contributed by atoms with E-state index in [0.717, 1.165) is 60.7 Å². The summed E-state index contributed by atoms with van der Waals surface area (Å²) >= 11 is 5.95. The lowest BCUT2D eigenvalue weighted by Crippen LogP contribution is -2.41. The number of hydrogen-bond acceptors (Lipinski definition) is 5. The zero-order valence-corrected chi connectivity index (χ0v) is 18.9. The van der Waals surface area contributed by atoms with Crippen LogP contribution in [-0.4, -0.2) is 42.8 Å². The molecule has 1 N–H and O–H groups in total. The monoisotopic (exact) mass is 450 g/mol. The number of nitrogens with one attached hydrogen (secondary N) is 1. The summed E-state index contributed by atoms with van der Waals surface area (Å²) in [6.07, 6.45) is 2.37. The number of anilines is 1. The fourth-order valence-corrected chi connectivity index (χ4v) is 4.14. The van der Waals surface area contributed by atoms with Gasteiger partial charge in [-0.05, 0) is 55.2 Å². The molecule has 0 aliphatic carbocycles. The van der Waals surface area contributed by atoms with Crippen LogP contribution in [0.25, 0.3) is 11.3 Å². The molecule has 7 heteroatoms. The normalized spacial score (nSPS) is 14.2. The number of carbonyl (C=O) groups excluding carboxylic acids is 1. The van der Waals surface area contributed by atoms with Crippen molar-refractivity contribution in [1.29, 1.82) is 0 Å². The van der Waals surface area contributed by atoms with Crippen molar-refractivity contribution in [1.82, 2.24) is 15.5 Å². The lowest BCUT2D eigenvalue weighted by molar-refractivity contribution is -0.125. The molecule has 166 valence electrons. The Labute approximate surface area is 193 Å². The van der Waals surface area contributed by atoms with E-state index in [0.29, 0.717) is 11.6 Å². The molecule has 0 bridgehead atoms. The number of halogens is 1. The van der Waals surface area contributed by atoms with Crippen LogP contribution < -0.4 is 15.0 Å². The highest BCUT2D eigenvalue weighted by molar-refractivity contribution is 6.30. The molecule has 2 aromatic carbocycles. The first-order valence-electron chi connectivity index (χ1n) is 10.9. The number of ether oxygens (including phenoxy) is 1. The minimum Gasteiger partial charge on any atom is -0.496 e. The highest BCUT2D eigenvalue weighted by Gasteiger charge is 2.25. The second-order valence-electron chi connectivity index (χ2n) is 7.90. The maximum absolute atomic E-state index is 12.6. The van der Waals surface area contributed by atoms with E-state index >= 15 is 0 Å². The number of rotatable bonds is 7. The Bertz CT molecular complexity index is 1030. The molecule has 3 aromatic rings. The van der Waals surface area contributed by atoms with Gasteiger partial charge in [0.1, 0.15) is 5.75 Å². The minimum atomic E-state index is 0.0326. The smallest absolute Gasteiger partial charge is 0.223 e. The van der Waals surface area contributed by atoms with Gasteiger partial charge in [-0.1, -0.05) is 41.9 Å². The van der Waals surface area contributed by atoms with Crippen molar-refractivity contribution < 1.29 is 9.53 Å². The van der Waals surface area contributed by atoms with Gasteiger partial charge in [0.05, 0.1) is 12.8 Å². The summed E-state index contributed by atoms with van der Waals surface area (Å²) in [4.78, 5) is 14.8. The van der Waals surface area contributed by atoms with Crippen molar-refractivity contribution in [3.05, 3.63) is 71.2 Å². The van der Waals surface area contributed by atoms with Crippen LogP contribution in [-0.2, 0) is 11.2 Å². The summed E-state index contributed by atoms with van der Waals surface area (Å²) in [6, 6.07) is 19.4. The third kappa shape index (κ3) is 5.37. The summed E-state index contributed by atoms with van der Waals surface area (Å²) in [6.45, 7) is 2.19. The molecular formula is C25H27ClN4O2. The predicted molar refractivity (Wildman–Crippen MR) is 127 cm³/mol. The first kappa shape index (κ1) is 22.1. The molecule has 2 heterocycles. The van der Waals surface area contributed by atoms with E-state index < -0.39 is 0 Å². The molecule has 4 rings (SSSR count). The molecule has 1 amide bonds. The van der Waals surface area contributed by atoms with E-state index in [1.807, 2.05) is 60.7 Å². The molecule has 0 unspecified atom stereocenters. The minimum absolute atomic E-state index is 0.0326. The third-order valence-electron chi connectivity index (χ3n) is 5.87. The molecule has 0 radical (unpaired) electrons. The first-order chi connectivity index (χ1) is 15.6. The van der Waals surface area contributed by atoms with E-state index in [9.17, 15) is 4.79 Å². The van der Waals surface area contributed by atoms with Crippen molar-refractivity contribution in [3.8, 4) is 17.0 Å². The summed E-state index contributed by atoms with van der Waals surface area (Å²) in [7, 11) is 1.67. The van der Waals surface area contributed by atoms with E-state index in [1.165, 1.54) is 0 Å². The van der Waals surface area contributed by atoms with Crippen LogP contribution in [0, 0.1) is 5.92 Å². The molecule has 1 aliphatic rings. The number of carbonyl (C=O) groups is 1. The first-order valence-corrected chi connectivity index (χ1v) is 11.3. The lowest BCUT2D eigenvalue weighted by atomic mass is 9.96. The topological polar surface area (TPSA) is 67.3 Å². The number of para-hydroxylation sites is 1. The van der Waals surface area contributed by atoms with Crippen molar-refractivity contribution in [2.24, 2.45) is 5.92 Å². The number of aromatic nitrogens is 2. The summed E-state index contributed by atoms with van der Waals surface area (Å²) in [5, 5.41) is 12.6. The quantitative estimate of drug-likeness (QED) is 0.578. The molecule has 0 atom stereocenters. The Balaban J connectivity index is 1.25. The number of piperidine rings is 1. The van der Waals surface area contributed by atoms with Crippen LogP contribution in [0.1, 0.15) is 18.4 Å². The molecule has 1 aliphatic heterocycles. The van der Waals surface area contributed by atoms with Gasteiger partial charge in [-0.15, -0.1) is 10.2 Å². The summed E-state index contributed by atoms with van der Waals surface area (Å²) < 4.78 is 5.38. The average Bonchev–Trinajstić information content (AvgIpc) is 2.85. The number of nitrogens with zero attached hydrogens (tertiary/aromatic N) is 3. The van der Waals surface area contributed by atoms with Crippen molar-refractivity contribution >= 4 is 23.3 Å². The molecule has 1 fully saturated rings. The maximum Gasteiger partial charge on any atom is 0.223 e. The number of benzene rings is 2. The Kier molecular flexibility index (Phi) is 7.22. The van der Waals surface area contributed by atoms with Crippen LogP contribution >= 0.6 is 11.6 Å². The summed E-state index contributed by atoms with van der Waals surface area (Å²) in [5.41, 5.74) is 2.90. The largest absolute Gasteiger partial charge is 0.496 e. The van der Waals surface area contributed by atoms with Crippen molar-refractivity contribution in [3.63, 3.8) is 0 Å². The molecule has 6 nitrogen and oxygen atoms in total. The fourth-order valence-electron chi connectivity index (χ4n) is 4.01. The second kappa shape index (κ2) is 10.5. The van der Waals surface area contributed by atoms with Gasteiger partial charge >= 0.3 is 0 Å². The SMILES string of the molecule is COc1ccccc1CCNC(=O)C1CCN(c2ccc(-c3ccc(Cl)cc3)nn2)CC1. The van der Waals surface area contributed by atoms with Crippen LogP contribution in [0.2, 0.25) is 5.02 Å². The van der Waals surface area contributed by atoms with Crippen LogP contribution in [0.3, 0.4) is 0 Å². The van der Waals surface area contributed by atoms with Gasteiger partial charge in [0.2, 0.25) is 5.91 Å². The van der Waals surface area contributed by atoms with Crippen molar-refractivity contribution in [2.75, 3.05) is 31.6 Å². The number of methoxy groups -OCH3 is 1. The Hall–Kier alpha value is -3.12. The van der Waals surface area contributed by atoms with Crippen LogP contribution in [0.5, 0.6) is 5.75 Å². The Morgan fingerprint density at radius 1 is 1.06 bits per heavy atom.